The molecule has 8 atom stereocenters. The van der Waals surface area contributed by atoms with Crippen LogP contribution in [0.5, 0.6) is 0 Å². The zero-order chi connectivity index (χ0) is 17.2. The summed E-state index contributed by atoms with van der Waals surface area (Å²) in [7, 11) is -3.45. The van der Waals surface area contributed by atoms with Crippen molar-refractivity contribution in [1.29, 1.82) is 0 Å². The number of carbonyl (C=O) groups excluding carboxylic acids is 1. The SMILES string of the molecule is O=C1c2cc(I)cc(I)c2S(=O)(=O)C2C3SC(C12)C1C2CCC(S2)C31. The van der Waals surface area contributed by atoms with Gasteiger partial charge in [-0.1, -0.05) is 0 Å². The minimum Gasteiger partial charge on any atom is -0.294 e. The maximum absolute atomic E-state index is 13.6. The van der Waals surface area contributed by atoms with Crippen LogP contribution in [0, 0.1) is 24.9 Å². The zero-order valence-electron chi connectivity index (χ0n) is 12.9. The van der Waals surface area contributed by atoms with Gasteiger partial charge in [0.2, 0.25) is 0 Å². The fraction of sp³-hybridized carbons (Fsp3) is 0.588. The molecule has 1 aromatic rings. The Morgan fingerprint density at radius 3 is 2.40 bits per heavy atom. The van der Waals surface area contributed by atoms with Gasteiger partial charge in [-0.05, 0) is 82.0 Å². The predicted octanol–water partition coefficient (Wildman–Crippen LogP) is 3.86. The topological polar surface area (TPSA) is 51.2 Å². The van der Waals surface area contributed by atoms with Crippen LogP contribution < -0.4 is 0 Å². The van der Waals surface area contributed by atoms with E-state index < -0.39 is 15.1 Å². The molecule has 6 rings (SSSR count). The number of Topliss-reactive ketones (excluding diaryl/α,β-unsaturated/α-hetero) is 1. The molecule has 1 aromatic carbocycles. The summed E-state index contributed by atoms with van der Waals surface area (Å²) < 4.78 is 28.8. The Labute approximate surface area is 182 Å². The Kier molecular flexibility index (Phi) is 3.60. The van der Waals surface area contributed by atoms with Gasteiger partial charge in [0.25, 0.3) is 0 Å². The van der Waals surface area contributed by atoms with Crippen LogP contribution in [0.15, 0.2) is 17.0 Å². The quantitative estimate of drug-likeness (QED) is 0.415. The molecule has 0 N–H and O–H groups in total. The molecule has 4 bridgehead atoms. The summed E-state index contributed by atoms with van der Waals surface area (Å²) in [6, 6.07) is 3.67. The smallest absolute Gasteiger partial charge is 0.184 e. The number of hydrogen-bond donors (Lipinski definition) is 0. The van der Waals surface area contributed by atoms with Crippen molar-refractivity contribution in [1.82, 2.24) is 0 Å². The molecule has 0 radical (unpaired) electrons. The number of fused-ring (bicyclic) bond motifs is 13. The average molecular weight is 616 g/mol. The van der Waals surface area contributed by atoms with Crippen molar-refractivity contribution >= 4 is 84.3 Å². The Balaban J connectivity index is 1.57. The summed E-state index contributed by atoms with van der Waals surface area (Å²) in [5, 5.41) is 1.14. The number of carbonyl (C=O) groups is 1. The van der Waals surface area contributed by atoms with E-state index in [2.05, 4.69) is 56.9 Å². The van der Waals surface area contributed by atoms with Gasteiger partial charge in [0.1, 0.15) is 0 Å². The van der Waals surface area contributed by atoms with E-state index in [9.17, 15) is 13.2 Å². The molecule has 5 heterocycles. The third kappa shape index (κ3) is 1.97. The molecule has 0 spiro atoms. The predicted molar refractivity (Wildman–Crippen MR) is 117 cm³/mol. The molecular weight excluding hydrogens is 602 g/mol. The molecule has 8 heteroatoms. The van der Waals surface area contributed by atoms with E-state index >= 15 is 0 Å². The normalized spacial score (nSPS) is 47.7. The molecule has 25 heavy (non-hydrogen) atoms. The van der Waals surface area contributed by atoms with Crippen LogP contribution in [0.3, 0.4) is 0 Å². The third-order valence-corrected chi connectivity index (χ3v) is 14.7. The average Bonchev–Trinajstić information content (AvgIpc) is 3.28. The van der Waals surface area contributed by atoms with E-state index in [1.165, 1.54) is 12.8 Å². The summed E-state index contributed by atoms with van der Waals surface area (Å²) in [5.41, 5.74) is 0.457. The van der Waals surface area contributed by atoms with Crippen molar-refractivity contribution in [3.05, 3.63) is 24.8 Å². The second kappa shape index (κ2) is 5.33. The van der Waals surface area contributed by atoms with Crippen molar-refractivity contribution in [2.45, 2.75) is 44.0 Å². The Hall–Kier alpha value is 1.000. The lowest BCUT2D eigenvalue weighted by molar-refractivity contribution is 0.0848. The Bertz CT molecular complexity index is 947. The highest BCUT2D eigenvalue weighted by atomic mass is 127. The van der Waals surface area contributed by atoms with Gasteiger partial charge in [-0.2, -0.15) is 23.5 Å². The van der Waals surface area contributed by atoms with Crippen molar-refractivity contribution in [2.24, 2.45) is 17.8 Å². The summed E-state index contributed by atoms with van der Waals surface area (Å²) in [5.74, 6) is 0.841. The first kappa shape index (κ1) is 16.9. The largest absolute Gasteiger partial charge is 0.294 e. The van der Waals surface area contributed by atoms with Gasteiger partial charge in [-0.3, -0.25) is 4.79 Å². The van der Waals surface area contributed by atoms with Gasteiger partial charge in [-0.15, -0.1) is 0 Å². The number of hydrogen-bond acceptors (Lipinski definition) is 5. The van der Waals surface area contributed by atoms with Gasteiger partial charge in [-0.25, -0.2) is 8.42 Å². The lowest BCUT2D eigenvalue weighted by Gasteiger charge is -2.42. The molecule has 132 valence electrons. The minimum atomic E-state index is -3.45. The first-order chi connectivity index (χ1) is 11.9. The van der Waals surface area contributed by atoms with Gasteiger partial charge in [0, 0.05) is 33.7 Å². The molecule has 8 unspecified atom stereocenters. The second-order valence-electron chi connectivity index (χ2n) is 7.67. The van der Waals surface area contributed by atoms with Crippen molar-refractivity contribution in [3.8, 4) is 0 Å². The van der Waals surface area contributed by atoms with Crippen molar-refractivity contribution in [2.75, 3.05) is 0 Å². The molecule has 0 aromatic heterocycles. The minimum absolute atomic E-state index is 0.0949. The highest BCUT2D eigenvalue weighted by Gasteiger charge is 2.72. The molecule has 3 nitrogen and oxygen atoms in total. The lowest BCUT2D eigenvalue weighted by Crippen LogP contribution is -2.55. The standard InChI is InChI=1S/C17H14I2O3S3/c18-5-3-6-13(20)12-14-10-8-1-2-9(23-8)11(10)15(24-14)17(12)25(21,22)16(6)7(19)4-5/h3-4,8-12,14-15,17H,1-2H2. The maximum atomic E-state index is 13.6. The van der Waals surface area contributed by atoms with E-state index in [0.717, 1.165) is 3.57 Å². The number of rotatable bonds is 0. The van der Waals surface area contributed by atoms with Crippen molar-refractivity contribution < 1.29 is 13.2 Å². The van der Waals surface area contributed by atoms with Crippen LogP contribution in [0.4, 0.5) is 0 Å². The second-order valence-corrected chi connectivity index (χ2v) is 15.0. The molecule has 0 saturated carbocycles. The van der Waals surface area contributed by atoms with Crippen LogP contribution in [0.2, 0.25) is 0 Å². The zero-order valence-corrected chi connectivity index (χ0v) is 19.7. The highest BCUT2D eigenvalue weighted by molar-refractivity contribution is 14.1. The number of halogens is 2. The van der Waals surface area contributed by atoms with E-state index in [0.29, 0.717) is 36.4 Å². The fourth-order valence-electron chi connectivity index (χ4n) is 6.00. The monoisotopic (exact) mass is 616 g/mol. The Morgan fingerprint density at radius 1 is 1.00 bits per heavy atom. The summed E-state index contributed by atoms with van der Waals surface area (Å²) in [6.45, 7) is 0. The van der Waals surface area contributed by atoms with E-state index in [4.69, 9.17) is 0 Å². The van der Waals surface area contributed by atoms with E-state index in [1.54, 1.807) is 6.07 Å². The summed E-state index contributed by atoms with van der Waals surface area (Å²) >= 11 is 8.20. The Morgan fingerprint density at radius 2 is 1.68 bits per heavy atom. The number of ketones is 1. The fourth-order valence-corrected chi connectivity index (χ4v) is 16.3. The summed E-state index contributed by atoms with van der Waals surface area (Å²) in [4.78, 5) is 13.7. The molecule has 4 fully saturated rings. The van der Waals surface area contributed by atoms with E-state index in [1.807, 2.05) is 17.8 Å². The summed E-state index contributed by atoms with van der Waals surface area (Å²) in [6.07, 6.45) is 2.49. The number of sulfone groups is 1. The van der Waals surface area contributed by atoms with E-state index in [-0.39, 0.29) is 22.2 Å². The van der Waals surface area contributed by atoms with Crippen molar-refractivity contribution in [3.63, 3.8) is 0 Å². The molecule has 0 aliphatic carbocycles. The third-order valence-electron chi connectivity index (χ3n) is 6.71. The number of thioether (sulfide) groups is 2. The van der Waals surface area contributed by atoms with Crippen LogP contribution >= 0.6 is 68.7 Å². The van der Waals surface area contributed by atoms with Gasteiger partial charge in [0.15, 0.2) is 15.6 Å². The lowest BCUT2D eigenvalue weighted by atomic mass is 9.66. The molecule has 5 aliphatic rings. The highest BCUT2D eigenvalue weighted by Crippen LogP contribution is 2.70. The first-order valence-corrected chi connectivity index (χ1v) is 14.1. The maximum Gasteiger partial charge on any atom is 0.184 e. The van der Waals surface area contributed by atoms with Crippen LogP contribution in [0.25, 0.3) is 0 Å². The molecule has 5 aliphatic heterocycles. The number of benzene rings is 1. The first-order valence-electron chi connectivity index (χ1n) is 8.47. The molecular formula is C17H14I2O3S3. The molecule has 0 amide bonds. The van der Waals surface area contributed by atoms with Crippen LogP contribution in [-0.4, -0.2) is 40.5 Å². The van der Waals surface area contributed by atoms with Gasteiger partial charge in [0.05, 0.1) is 16.1 Å². The molecule has 4 saturated heterocycles. The van der Waals surface area contributed by atoms with Gasteiger partial charge >= 0.3 is 0 Å². The van der Waals surface area contributed by atoms with Crippen LogP contribution in [-0.2, 0) is 9.84 Å². The van der Waals surface area contributed by atoms with Gasteiger partial charge < -0.3 is 0 Å². The van der Waals surface area contributed by atoms with Crippen LogP contribution in [0.1, 0.15) is 23.2 Å².